The predicted molar refractivity (Wildman–Crippen MR) is 65.6 cm³/mol. The number of nitrogens with one attached hydrogen (secondary N) is 1. The number of aromatic amines is 1. The Hall–Kier alpha value is -2.01. The Labute approximate surface area is 99.6 Å². The first-order chi connectivity index (χ1) is 8.24. The Balaban J connectivity index is 2.23. The molecule has 3 nitrogen and oxygen atoms in total. The maximum Gasteiger partial charge on any atom is 0.212 e. The number of hydrogen-bond acceptors (Lipinski definition) is 3. The molecular formula is C12H7FN2OS. The van der Waals surface area contributed by atoms with Crippen molar-refractivity contribution in [1.29, 1.82) is 0 Å². The first-order valence-corrected chi connectivity index (χ1v) is 5.84. The van der Waals surface area contributed by atoms with Gasteiger partial charge in [-0.2, -0.15) is 4.39 Å². The standard InChI is InChI=1S/C12H7FN2OS/c13-11-2-1-7(6-14-11)9-5-10(16)12-8(15-9)3-4-17-12/h1-6H,(H,15,16). The van der Waals surface area contributed by atoms with Crippen molar-refractivity contribution in [2.24, 2.45) is 0 Å². The van der Waals surface area contributed by atoms with Crippen molar-refractivity contribution in [3.63, 3.8) is 0 Å². The highest BCUT2D eigenvalue weighted by molar-refractivity contribution is 7.17. The van der Waals surface area contributed by atoms with Crippen LogP contribution in [-0.2, 0) is 0 Å². The molecule has 0 aliphatic carbocycles. The van der Waals surface area contributed by atoms with Crippen molar-refractivity contribution in [2.75, 3.05) is 0 Å². The predicted octanol–water partition coefficient (Wildman–Crippen LogP) is 2.79. The van der Waals surface area contributed by atoms with Gasteiger partial charge in [0.2, 0.25) is 5.95 Å². The Bertz CT molecular complexity index is 730. The van der Waals surface area contributed by atoms with Crippen molar-refractivity contribution in [2.45, 2.75) is 0 Å². The molecule has 0 radical (unpaired) electrons. The van der Waals surface area contributed by atoms with Crippen molar-refractivity contribution < 1.29 is 4.39 Å². The van der Waals surface area contributed by atoms with Gasteiger partial charge in [-0.05, 0) is 23.6 Å². The summed E-state index contributed by atoms with van der Waals surface area (Å²) in [5.41, 5.74) is 2.10. The number of rotatable bonds is 1. The van der Waals surface area contributed by atoms with E-state index in [1.165, 1.54) is 29.7 Å². The van der Waals surface area contributed by atoms with Crippen LogP contribution in [0, 0.1) is 5.95 Å². The molecule has 0 amide bonds. The average molecular weight is 246 g/mol. The second-order valence-corrected chi connectivity index (χ2v) is 4.50. The summed E-state index contributed by atoms with van der Waals surface area (Å²) in [5.74, 6) is -0.535. The summed E-state index contributed by atoms with van der Waals surface area (Å²) < 4.78 is 13.4. The van der Waals surface area contributed by atoms with Gasteiger partial charge in [-0.15, -0.1) is 11.3 Å². The molecule has 1 N–H and O–H groups in total. The molecule has 0 aliphatic heterocycles. The van der Waals surface area contributed by atoms with E-state index in [1.807, 2.05) is 11.4 Å². The lowest BCUT2D eigenvalue weighted by Gasteiger charge is -2.01. The summed E-state index contributed by atoms with van der Waals surface area (Å²) in [5, 5.41) is 1.86. The van der Waals surface area contributed by atoms with Gasteiger partial charge in [0.05, 0.1) is 15.9 Å². The third kappa shape index (κ3) is 1.74. The van der Waals surface area contributed by atoms with E-state index in [-0.39, 0.29) is 5.43 Å². The Morgan fingerprint density at radius 1 is 1.29 bits per heavy atom. The van der Waals surface area contributed by atoms with Crippen LogP contribution in [0.3, 0.4) is 0 Å². The van der Waals surface area contributed by atoms with Crippen LogP contribution in [0.4, 0.5) is 4.39 Å². The minimum Gasteiger partial charge on any atom is -0.354 e. The molecule has 0 atom stereocenters. The quantitative estimate of drug-likeness (QED) is 0.671. The molecule has 0 aliphatic rings. The fourth-order valence-corrected chi connectivity index (χ4v) is 2.43. The fraction of sp³-hybridized carbons (Fsp3) is 0. The molecule has 0 unspecified atom stereocenters. The van der Waals surface area contributed by atoms with E-state index in [0.29, 0.717) is 16.0 Å². The molecule has 0 spiro atoms. The van der Waals surface area contributed by atoms with Crippen molar-refractivity contribution in [3.8, 4) is 11.3 Å². The number of nitrogens with zero attached hydrogens (tertiary/aromatic N) is 1. The number of H-pyrrole nitrogens is 1. The maximum atomic E-state index is 12.7. The van der Waals surface area contributed by atoms with Gasteiger partial charge in [0.15, 0.2) is 5.43 Å². The Morgan fingerprint density at radius 3 is 2.94 bits per heavy atom. The molecule has 84 valence electrons. The van der Waals surface area contributed by atoms with Crippen molar-refractivity contribution in [1.82, 2.24) is 9.97 Å². The largest absolute Gasteiger partial charge is 0.354 e. The smallest absolute Gasteiger partial charge is 0.212 e. The summed E-state index contributed by atoms with van der Waals surface area (Å²) in [4.78, 5) is 18.5. The van der Waals surface area contributed by atoms with Crippen LogP contribution in [0.1, 0.15) is 0 Å². The molecule has 0 saturated heterocycles. The van der Waals surface area contributed by atoms with Gasteiger partial charge in [-0.1, -0.05) is 0 Å². The second-order valence-electron chi connectivity index (χ2n) is 3.58. The minimum atomic E-state index is -0.535. The Kier molecular flexibility index (Phi) is 2.26. The molecule has 3 rings (SSSR count). The number of halogens is 1. The van der Waals surface area contributed by atoms with Crippen LogP contribution in [-0.4, -0.2) is 9.97 Å². The van der Waals surface area contributed by atoms with Gasteiger partial charge in [-0.25, -0.2) is 4.98 Å². The molecule has 0 fully saturated rings. The van der Waals surface area contributed by atoms with Gasteiger partial charge in [0.25, 0.3) is 0 Å². The van der Waals surface area contributed by atoms with Gasteiger partial charge in [0, 0.05) is 17.8 Å². The van der Waals surface area contributed by atoms with E-state index >= 15 is 0 Å². The van der Waals surface area contributed by atoms with Gasteiger partial charge >= 0.3 is 0 Å². The van der Waals surface area contributed by atoms with E-state index in [4.69, 9.17) is 0 Å². The molecule has 3 aromatic heterocycles. The summed E-state index contributed by atoms with van der Waals surface area (Å²) in [6.45, 7) is 0. The zero-order chi connectivity index (χ0) is 11.8. The van der Waals surface area contributed by atoms with Gasteiger partial charge in [0.1, 0.15) is 0 Å². The van der Waals surface area contributed by atoms with Crippen molar-refractivity contribution >= 4 is 21.6 Å². The van der Waals surface area contributed by atoms with Crippen molar-refractivity contribution in [3.05, 3.63) is 52.0 Å². The third-order valence-electron chi connectivity index (χ3n) is 2.47. The van der Waals surface area contributed by atoms with Gasteiger partial charge < -0.3 is 4.98 Å². The molecule has 3 heterocycles. The van der Waals surface area contributed by atoms with Crippen LogP contribution < -0.4 is 5.43 Å². The lowest BCUT2D eigenvalue weighted by Crippen LogP contribution is -2.00. The lowest BCUT2D eigenvalue weighted by atomic mass is 10.2. The van der Waals surface area contributed by atoms with Gasteiger partial charge in [-0.3, -0.25) is 4.79 Å². The Morgan fingerprint density at radius 2 is 2.18 bits per heavy atom. The normalized spacial score (nSPS) is 10.9. The van der Waals surface area contributed by atoms with E-state index in [1.54, 1.807) is 6.07 Å². The molecule has 3 aromatic rings. The van der Waals surface area contributed by atoms with E-state index in [9.17, 15) is 9.18 Å². The lowest BCUT2D eigenvalue weighted by molar-refractivity contribution is 0.584. The first kappa shape index (κ1) is 10.2. The fourth-order valence-electron chi connectivity index (χ4n) is 1.67. The minimum absolute atomic E-state index is 0.0342. The van der Waals surface area contributed by atoms with Crippen LogP contribution in [0.2, 0.25) is 0 Å². The van der Waals surface area contributed by atoms with Crippen LogP contribution >= 0.6 is 11.3 Å². The SMILES string of the molecule is O=c1cc(-c2ccc(F)nc2)[nH]c2ccsc12. The number of hydrogen-bond donors (Lipinski definition) is 1. The number of fused-ring (bicyclic) bond motifs is 1. The number of pyridine rings is 2. The van der Waals surface area contributed by atoms with E-state index in [0.717, 1.165) is 5.52 Å². The highest BCUT2D eigenvalue weighted by atomic mass is 32.1. The van der Waals surface area contributed by atoms with Crippen LogP contribution in [0.15, 0.2) is 40.6 Å². The number of thiophene rings is 1. The number of aromatic nitrogens is 2. The molecule has 17 heavy (non-hydrogen) atoms. The summed E-state index contributed by atoms with van der Waals surface area (Å²) in [6.07, 6.45) is 1.40. The van der Waals surface area contributed by atoms with E-state index in [2.05, 4.69) is 9.97 Å². The zero-order valence-corrected chi connectivity index (χ0v) is 9.42. The first-order valence-electron chi connectivity index (χ1n) is 4.96. The highest BCUT2D eigenvalue weighted by Crippen LogP contribution is 2.20. The molecular weight excluding hydrogens is 239 g/mol. The molecule has 0 aromatic carbocycles. The van der Waals surface area contributed by atoms with Crippen LogP contribution in [0.25, 0.3) is 21.5 Å². The maximum absolute atomic E-state index is 12.7. The monoisotopic (exact) mass is 246 g/mol. The molecule has 0 bridgehead atoms. The van der Waals surface area contributed by atoms with E-state index < -0.39 is 5.95 Å². The third-order valence-corrected chi connectivity index (χ3v) is 3.40. The highest BCUT2D eigenvalue weighted by Gasteiger charge is 2.05. The zero-order valence-electron chi connectivity index (χ0n) is 8.61. The summed E-state index contributed by atoms with van der Waals surface area (Å²) in [7, 11) is 0. The van der Waals surface area contributed by atoms with Crippen LogP contribution in [0.5, 0.6) is 0 Å². The topological polar surface area (TPSA) is 45.8 Å². The second kappa shape index (κ2) is 3.78. The summed E-state index contributed by atoms with van der Waals surface area (Å²) >= 11 is 1.40. The molecule has 5 heteroatoms. The summed E-state index contributed by atoms with van der Waals surface area (Å²) in [6, 6.07) is 6.22. The molecule has 0 saturated carbocycles. The average Bonchev–Trinajstić information content (AvgIpc) is 2.78.